The number of ether oxygens (including phenoxy) is 1. The number of fused-ring (bicyclic) bond motifs is 3. The Bertz CT molecular complexity index is 681. The van der Waals surface area contributed by atoms with Crippen LogP contribution in [0, 0.1) is 0 Å². The molecule has 1 aromatic heterocycles. The molecule has 0 saturated carbocycles. The summed E-state index contributed by atoms with van der Waals surface area (Å²) in [6, 6.07) is 7.40. The zero-order chi connectivity index (χ0) is 14.3. The molecular weight excluding hydrogens is 278 g/mol. The number of carbonyl (C=O) groups excluding carboxylic acids is 1. The summed E-state index contributed by atoms with van der Waals surface area (Å²) in [5, 5.41) is 0.350. The number of imidazole rings is 1. The molecule has 0 saturated heterocycles. The number of nitrogens with zero attached hydrogens (tertiary/aromatic N) is 3. The first kappa shape index (κ1) is 13.1. The summed E-state index contributed by atoms with van der Waals surface area (Å²) < 4.78 is 6.99. The average molecular weight is 292 g/mol. The van der Waals surface area contributed by atoms with E-state index >= 15 is 0 Å². The fourth-order valence-corrected chi connectivity index (χ4v) is 2.77. The highest BCUT2D eigenvalue weighted by Gasteiger charge is 2.27. The van der Waals surface area contributed by atoms with Crippen molar-refractivity contribution in [2.45, 2.75) is 13.2 Å². The maximum Gasteiger partial charge on any atom is 0.256 e. The van der Waals surface area contributed by atoms with Crippen molar-refractivity contribution in [2.75, 3.05) is 14.2 Å². The summed E-state index contributed by atoms with van der Waals surface area (Å²) in [7, 11) is 3.38. The third-order valence-corrected chi connectivity index (χ3v) is 3.66. The monoisotopic (exact) mass is 291 g/mol. The molecule has 104 valence electrons. The number of halogens is 1. The van der Waals surface area contributed by atoms with Crippen LogP contribution in [0.15, 0.2) is 24.3 Å². The van der Waals surface area contributed by atoms with Crippen molar-refractivity contribution in [3.8, 4) is 5.69 Å². The predicted molar refractivity (Wildman–Crippen MR) is 75.1 cm³/mol. The molecule has 1 aliphatic heterocycles. The molecule has 0 spiro atoms. The summed E-state index contributed by atoms with van der Waals surface area (Å²) in [5.41, 5.74) is 3.03. The first-order valence-electron chi connectivity index (χ1n) is 6.23. The van der Waals surface area contributed by atoms with Crippen LogP contribution in [0.2, 0.25) is 5.28 Å². The Morgan fingerprint density at radius 3 is 2.90 bits per heavy atom. The topological polar surface area (TPSA) is 47.4 Å². The number of benzene rings is 1. The molecule has 5 nitrogen and oxygen atoms in total. The Kier molecular flexibility index (Phi) is 3.23. The Balaban J connectivity index is 2.28. The van der Waals surface area contributed by atoms with Gasteiger partial charge in [-0.3, -0.25) is 9.36 Å². The van der Waals surface area contributed by atoms with Gasteiger partial charge in [-0.15, -0.1) is 0 Å². The van der Waals surface area contributed by atoms with Crippen molar-refractivity contribution < 1.29 is 9.53 Å². The Labute approximate surface area is 121 Å². The van der Waals surface area contributed by atoms with E-state index in [-0.39, 0.29) is 5.91 Å². The minimum Gasteiger partial charge on any atom is -0.378 e. The number of amides is 1. The van der Waals surface area contributed by atoms with Gasteiger partial charge in [-0.05, 0) is 23.7 Å². The van der Waals surface area contributed by atoms with E-state index in [1.54, 1.807) is 25.1 Å². The van der Waals surface area contributed by atoms with Gasteiger partial charge in [-0.1, -0.05) is 12.1 Å². The molecule has 1 amide bonds. The highest BCUT2D eigenvalue weighted by Crippen LogP contribution is 2.29. The van der Waals surface area contributed by atoms with Crippen LogP contribution in [0.25, 0.3) is 5.69 Å². The van der Waals surface area contributed by atoms with Crippen LogP contribution in [0.4, 0.5) is 0 Å². The van der Waals surface area contributed by atoms with Crippen LogP contribution in [-0.2, 0) is 17.9 Å². The third kappa shape index (κ3) is 1.90. The van der Waals surface area contributed by atoms with Crippen LogP contribution in [-0.4, -0.2) is 34.5 Å². The standard InChI is InChI=1S/C14H14ClN3O2/c1-17-7-12-10(8-20-2)16-14(15)18(12)11-6-4-3-5-9(11)13(17)19/h3-6H,7-8H2,1-2H3. The van der Waals surface area contributed by atoms with Crippen molar-refractivity contribution in [3.63, 3.8) is 0 Å². The molecule has 0 fully saturated rings. The second-order valence-electron chi connectivity index (χ2n) is 4.72. The minimum atomic E-state index is -0.0243. The van der Waals surface area contributed by atoms with Gasteiger partial charge in [0.1, 0.15) is 0 Å². The molecular formula is C14H14ClN3O2. The summed E-state index contributed by atoms with van der Waals surface area (Å²) >= 11 is 6.26. The predicted octanol–water partition coefficient (Wildman–Crippen LogP) is 2.26. The van der Waals surface area contributed by atoms with E-state index in [0.717, 1.165) is 17.1 Å². The number of para-hydroxylation sites is 1. The van der Waals surface area contributed by atoms with E-state index in [9.17, 15) is 4.79 Å². The second-order valence-corrected chi connectivity index (χ2v) is 5.06. The van der Waals surface area contributed by atoms with Gasteiger partial charge < -0.3 is 9.64 Å². The maximum atomic E-state index is 12.4. The number of hydrogen-bond acceptors (Lipinski definition) is 3. The van der Waals surface area contributed by atoms with E-state index in [1.807, 2.05) is 22.8 Å². The zero-order valence-electron chi connectivity index (χ0n) is 11.3. The van der Waals surface area contributed by atoms with Gasteiger partial charge in [0, 0.05) is 14.2 Å². The van der Waals surface area contributed by atoms with Gasteiger partial charge in [0.05, 0.1) is 35.8 Å². The van der Waals surface area contributed by atoms with Crippen molar-refractivity contribution in [1.82, 2.24) is 14.5 Å². The summed E-state index contributed by atoms with van der Waals surface area (Å²) in [6.07, 6.45) is 0. The lowest BCUT2D eigenvalue weighted by molar-refractivity contribution is 0.0786. The normalized spacial score (nSPS) is 13.9. The van der Waals surface area contributed by atoms with E-state index in [2.05, 4.69) is 4.98 Å². The summed E-state index contributed by atoms with van der Waals surface area (Å²) in [5.74, 6) is -0.0243. The van der Waals surface area contributed by atoms with Crippen molar-refractivity contribution >= 4 is 17.5 Å². The van der Waals surface area contributed by atoms with Crippen LogP contribution < -0.4 is 0 Å². The highest BCUT2D eigenvalue weighted by atomic mass is 35.5. The first-order chi connectivity index (χ1) is 9.63. The Hall–Kier alpha value is -1.85. The van der Waals surface area contributed by atoms with Gasteiger partial charge in [-0.2, -0.15) is 0 Å². The SMILES string of the molecule is COCc1nc(Cl)n2c1CN(C)C(=O)c1ccccc1-2. The fraction of sp³-hybridized carbons (Fsp3) is 0.286. The molecule has 0 bridgehead atoms. The smallest absolute Gasteiger partial charge is 0.256 e. The molecule has 6 heteroatoms. The maximum absolute atomic E-state index is 12.4. The Morgan fingerprint density at radius 2 is 2.15 bits per heavy atom. The third-order valence-electron chi connectivity index (χ3n) is 3.40. The van der Waals surface area contributed by atoms with Gasteiger partial charge in [-0.25, -0.2) is 4.98 Å². The molecule has 0 aliphatic carbocycles. The molecule has 1 aliphatic rings. The minimum absolute atomic E-state index is 0.0243. The molecule has 1 aromatic carbocycles. The van der Waals surface area contributed by atoms with Gasteiger partial charge in [0.2, 0.25) is 5.28 Å². The summed E-state index contributed by atoms with van der Waals surface area (Å²) in [4.78, 5) is 18.4. The highest BCUT2D eigenvalue weighted by molar-refractivity contribution is 6.29. The van der Waals surface area contributed by atoms with E-state index in [1.165, 1.54) is 0 Å². The van der Waals surface area contributed by atoms with E-state index in [4.69, 9.17) is 16.3 Å². The molecule has 0 unspecified atom stereocenters. The molecule has 0 atom stereocenters. The number of carbonyl (C=O) groups is 1. The Morgan fingerprint density at radius 1 is 1.40 bits per heavy atom. The van der Waals surface area contributed by atoms with E-state index < -0.39 is 0 Å². The summed E-state index contributed by atoms with van der Waals surface area (Å²) in [6.45, 7) is 0.818. The average Bonchev–Trinajstić information content (AvgIpc) is 2.68. The van der Waals surface area contributed by atoms with E-state index in [0.29, 0.717) is 24.0 Å². The van der Waals surface area contributed by atoms with Crippen LogP contribution >= 0.6 is 11.6 Å². The van der Waals surface area contributed by atoms with Crippen molar-refractivity contribution in [1.29, 1.82) is 0 Å². The molecule has 2 aromatic rings. The second kappa shape index (κ2) is 4.92. The lowest BCUT2D eigenvalue weighted by Crippen LogP contribution is -2.25. The van der Waals surface area contributed by atoms with Crippen LogP contribution in [0.3, 0.4) is 0 Å². The largest absolute Gasteiger partial charge is 0.378 e. The number of hydrogen-bond donors (Lipinski definition) is 0. The van der Waals surface area contributed by atoms with Crippen LogP contribution in [0.1, 0.15) is 21.7 Å². The fourth-order valence-electron chi connectivity index (χ4n) is 2.48. The van der Waals surface area contributed by atoms with Gasteiger partial charge in [0.15, 0.2) is 0 Å². The van der Waals surface area contributed by atoms with Crippen molar-refractivity contribution in [2.24, 2.45) is 0 Å². The van der Waals surface area contributed by atoms with Crippen molar-refractivity contribution in [3.05, 3.63) is 46.5 Å². The number of rotatable bonds is 2. The zero-order valence-corrected chi connectivity index (χ0v) is 12.0. The number of methoxy groups -OCH3 is 1. The van der Waals surface area contributed by atoms with Gasteiger partial charge >= 0.3 is 0 Å². The number of aromatic nitrogens is 2. The molecule has 0 radical (unpaired) electrons. The lowest BCUT2D eigenvalue weighted by Gasteiger charge is -2.14. The van der Waals surface area contributed by atoms with Gasteiger partial charge in [0.25, 0.3) is 5.91 Å². The quantitative estimate of drug-likeness (QED) is 0.853. The molecule has 3 rings (SSSR count). The molecule has 2 heterocycles. The van der Waals surface area contributed by atoms with Crippen LogP contribution in [0.5, 0.6) is 0 Å². The lowest BCUT2D eigenvalue weighted by atomic mass is 10.1. The molecule has 20 heavy (non-hydrogen) atoms. The molecule has 0 N–H and O–H groups in total. The first-order valence-corrected chi connectivity index (χ1v) is 6.61.